The molecule has 31 heavy (non-hydrogen) atoms. The van der Waals surface area contributed by atoms with Gasteiger partial charge < -0.3 is 10.1 Å². The van der Waals surface area contributed by atoms with Crippen LogP contribution in [0.15, 0.2) is 47.6 Å². The number of carbonyl (C=O) groups excluding carboxylic acids is 2. The zero-order chi connectivity index (χ0) is 22.6. The number of benzene rings is 2. The molecule has 2 heterocycles. The molecule has 8 heteroatoms. The molecule has 0 fully saturated rings. The van der Waals surface area contributed by atoms with Crippen LogP contribution in [0.5, 0.6) is 0 Å². The van der Waals surface area contributed by atoms with E-state index in [0.717, 1.165) is 0 Å². The van der Waals surface area contributed by atoms with Gasteiger partial charge in [-0.05, 0) is 57.5 Å². The Bertz CT molecular complexity index is 1110. The van der Waals surface area contributed by atoms with Gasteiger partial charge in [0, 0.05) is 16.3 Å². The van der Waals surface area contributed by atoms with Gasteiger partial charge in [0.25, 0.3) is 5.91 Å². The number of anilines is 1. The van der Waals surface area contributed by atoms with Crippen molar-refractivity contribution < 1.29 is 18.7 Å². The van der Waals surface area contributed by atoms with E-state index < -0.39 is 28.8 Å². The first-order valence-corrected chi connectivity index (χ1v) is 10.4. The third-order valence-corrected chi connectivity index (χ3v) is 5.76. The normalized spacial score (nSPS) is 22.4. The molecule has 2 aliphatic rings. The minimum atomic E-state index is -1.41. The highest BCUT2D eigenvalue weighted by molar-refractivity contribution is 6.41. The van der Waals surface area contributed by atoms with Gasteiger partial charge in [0.15, 0.2) is 11.3 Å². The Morgan fingerprint density at radius 3 is 2.68 bits per heavy atom. The summed E-state index contributed by atoms with van der Waals surface area (Å²) in [7, 11) is 0. The lowest BCUT2D eigenvalue weighted by Crippen LogP contribution is -2.56. The standard InChI is InChI=1S/C23H23ClFN3O3/c1-5-31-20(29)19-18(13-7-6-8-15(25)11-13)23(28(27-19)22(2,3)4)16-10-9-14(24)12-17(16)26-21(23)30/h6-12,18H,5H2,1-4H3,(H,26,30). The summed E-state index contributed by atoms with van der Waals surface area (Å²) in [6.45, 7) is 7.54. The van der Waals surface area contributed by atoms with Gasteiger partial charge in [-0.15, -0.1) is 0 Å². The predicted octanol–water partition coefficient (Wildman–Crippen LogP) is 4.44. The molecule has 162 valence electrons. The average molecular weight is 444 g/mol. The maximum Gasteiger partial charge on any atom is 0.355 e. The Labute approximate surface area is 185 Å². The number of amides is 1. The number of hydrogen-bond acceptors (Lipinski definition) is 5. The minimum Gasteiger partial charge on any atom is -0.461 e. The number of esters is 1. The lowest BCUT2D eigenvalue weighted by Gasteiger charge is -2.44. The summed E-state index contributed by atoms with van der Waals surface area (Å²) in [5, 5.41) is 9.63. The molecule has 2 aromatic rings. The van der Waals surface area contributed by atoms with Gasteiger partial charge in [-0.1, -0.05) is 29.8 Å². The Morgan fingerprint density at radius 2 is 2.03 bits per heavy atom. The molecule has 2 atom stereocenters. The van der Waals surface area contributed by atoms with Crippen molar-refractivity contribution in [3.05, 3.63) is 64.4 Å². The van der Waals surface area contributed by atoms with E-state index in [1.54, 1.807) is 42.3 Å². The van der Waals surface area contributed by atoms with Crippen molar-refractivity contribution in [2.45, 2.75) is 44.7 Å². The van der Waals surface area contributed by atoms with Crippen LogP contribution in [0.3, 0.4) is 0 Å². The van der Waals surface area contributed by atoms with Crippen molar-refractivity contribution >= 4 is 34.9 Å². The van der Waals surface area contributed by atoms with Crippen LogP contribution in [0.25, 0.3) is 0 Å². The quantitative estimate of drug-likeness (QED) is 0.712. The highest BCUT2D eigenvalue weighted by Crippen LogP contribution is 2.56. The summed E-state index contributed by atoms with van der Waals surface area (Å²) in [6, 6.07) is 11.0. The number of carbonyl (C=O) groups is 2. The van der Waals surface area contributed by atoms with Crippen LogP contribution < -0.4 is 5.32 Å². The number of nitrogens with zero attached hydrogens (tertiary/aromatic N) is 2. The molecule has 4 rings (SSSR count). The Morgan fingerprint density at radius 1 is 1.29 bits per heavy atom. The fourth-order valence-electron chi connectivity index (χ4n) is 4.48. The van der Waals surface area contributed by atoms with Crippen molar-refractivity contribution in [3.63, 3.8) is 0 Å². The fraction of sp³-hybridized carbons (Fsp3) is 0.348. The van der Waals surface area contributed by atoms with Gasteiger partial charge in [-0.25, -0.2) is 9.18 Å². The molecule has 1 N–H and O–H groups in total. The van der Waals surface area contributed by atoms with E-state index in [1.807, 2.05) is 20.8 Å². The first kappa shape index (κ1) is 21.3. The molecular weight excluding hydrogens is 421 g/mol. The zero-order valence-electron chi connectivity index (χ0n) is 17.7. The summed E-state index contributed by atoms with van der Waals surface area (Å²) in [6.07, 6.45) is 0. The Hall–Kier alpha value is -2.93. The topological polar surface area (TPSA) is 71.0 Å². The van der Waals surface area contributed by atoms with Gasteiger partial charge in [0.1, 0.15) is 5.82 Å². The van der Waals surface area contributed by atoms with Crippen LogP contribution in [-0.2, 0) is 19.9 Å². The van der Waals surface area contributed by atoms with Crippen LogP contribution in [0.4, 0.5) is 10.1 Å². The fourth-order valence-corrected chi connectivity index (χ4v) is 4.65. The Balaban J connectivity index is 2.05. The second-order valence-corrected chi connectivity index (χ2v) is 9.02. The maximum absolute atomic E-state index is 14.3. The highest BCUT2D eigenvalue weighted by Gasteiger charge is 2.65. The van der Waals surface area contributed by atoms with E-state index in [2.05, 4.69) is 10.4 Å². The van der Waals surface area contributed by atoms with Crippen LogP contribution in [0, 0.1) is 5.82 Å². The average Bonchev–Trinajstić information content (AvgIpc) is 3.18. The molecular formula is C23H23ClFN3O3. The molecule has 0 saturated carbocycles. The first-order chi connectivity index (χ1) is 14.6. The molecule has 0 bridgehead atoms. The number of hydrazone groups is 1. The smallest absolute Gasteiger partial charge is 0.355 e. The number of hydrogen-bond donors (Lipinski definition) is 1. The molecule has 2 unspecified atom stereocenters. The zero-order valence-corrected chi connectivity index (χ0v) is 18.5. The molecule has 1 spiro atoms. The number of halogens is 2. The van der Waals surface area contributed by atoms with E-state index in [-0.39, 0.29) is 18.2 Å². The second kappa shape index (κ2) is 7.34. The largest absolute Gasteiger partial charge is 0.461 e. The minimum absolute atomic E-state index is 0.0559. The SMILES string of the molecule is CCOC(=O)C1=NN(C(C)(C)C)C2(C(=O)Nc3cc(Cl)ccc32)C1c1cccc(F)c1. The van der Waals surface area contributed by atoms with Crippen molar-refractivity contribution in [3.8, 4) is 0 Å². The third-order valence-electron chi connectivity index (χ3n) is 5.52. The van der Waals surface area contributed by atoms with Gasteiger partial charge in [0.2, 0.25) is 0 Å². The maximum atomic E-state index is 14.3. The number of rotatable bonds is 3. The summed E-state index contributed by atoms with van der Waals surface area (Å²) in [5.41, 5.74) is -0.397. The van der Waals surface area contributed by atoms with E-state index in [0.29, 0.717) is 21.8 Å². The van der Waals surface area contributed by atoms with Crippen LogP contribution >= 0.6 is 11.6 Å². The van der Waals surface area contributed by atoms with Crippen molar-refractivity contribution in [2.24, 2.45) is 5.10 Å². The van der Waals surface area contributed by atoms with Crippen molar-refractivity contribution in [1.82, 2.24) is 5.01 Å². The van der Waals surface area contributed by atoms with Crippen molar-refractivity contribution in [1.29, 1.82) is 0 Å². The lowest BCUT2D eigenvalue weighted by atomic mass is 9.72. The second-order valence-electron chi connectivity index (χ2n) is 8.59. The molecule has 1 amide bonds. The molecule has 0 radical (unpaired) electrons. The summed E-state index contributed by atoms with van der Waals surface area (Å²) >= 11 is 6.17. The number of fused-ring (bicyclic) bond motifs is 2. The van der Waals surface area contributed by atoms with E-state index in [1.165, 1.54) is 12.1 Å². The van der Waals surface area contributed by atoms with E-state index >= 15 is 0 Å². The molecule has 0 saturated heterocycles. The van der Waals surface area contributed by atoms with Crippen LogP contribution in [0.2, 0.25) is 5.02 Å². The van der Waals surface area contributed by atoms with Crippen molar-refractivity contribution in [2.75, 3.05) is 11.9 Å². The summed E-state index contributed by atoms with van der Waals surface area (Å²) in [4.78, 5) is 26.7. The molecule has 0 aliphatic carbocycles. The molecule has 2 aromatic carbocycles. The first-order valence-electron chi connectivity index (χ1n) is 10.0. The Kier molecular flexibility index (Phi) is 5.04. The molecule has 6 nitrogen and oxygen atoms in total. The number of nitrogens with one attached hydrogen (secondary N) is 1. The van der Waals surface area contributed by atoms with Gasteiger partial charge in [0.05, 0.1) is 18.1 Å². The summed E-state index contributed by atoms with van der Waals surface area (Å²) < 4.78 is 19.5. The van der Waals surface area contributed by atoms with Gasteiger partial charge >= 0.3 is 5.97 Å². The van der Waals surface area contributed by atoms with Gasteiger partial charge in [-0.2, -0.15) is 5.10 Å². The third kappa shape index (κ3) is 3.19. The van der Waals surface area contributed by atoms with E-state index in [9.17, 15) is 14.0 Å². The monoisotopic (exact) mass is 443 g/mol. The van der Waals surface area contributed by atoms with E-state index in [4.69, 9.17) is 16.3 Å². The van der Waals surface area contributed by atoms with Crippen LogP contribution in [0.1, 0.15) is 44.7 Å². The molecule has 2 aliphatic heterocycles. The molecule has 0 aromatic heterocycles. The lowest BCUT2D eigenvalue weighted by molar-refractivity contribution is -0.135. The highest BCUT2D eigenvalue weighted by atomic mass is 35.5. The van der Waals surface area contributed by atoms with Gasteiger partial charge in [-0.3, -0.25) is 9.80 Å². The summed E-state index contributed by atoms with van der Waals surface area (Å²) in [5.74, 6) is -2.36. The predicted molar refractivity (Wildman–Crippen MR) is 117 cm³/mol. The number of ether oxygens (including phenoxy) is 1. The van der Waals surface area contributed by atoms with Crippen LogP contribution in [-0.4, -0.2) is 34.7 Å².